The summed E-state index contributed by atoms with van der Waals surface area (Å²) in [7, 11) is 1.57. The molecule has 0 aromatic heterocycles. The second kappa shape index (κ2) is 11.8. The number of para-hydroxylation sites is 1. The summed E-state index contributed by atoms with van der Waals surface area (Å²) < 4.78 is 10.6. The Morgan fingerprint density at radius 2 is 1.68 bits per heavy atom. The second-order valence-corrected chi connectivity index (χ2v) is 6.33. The molecule has 0 heterocycles. The van der Waals surface area contributed by atoms with Crippen molar-refractivity contribution in [3.63, 3.8) is 0 Å². The first kappa shape index (κ1) is 21.4. The number of nitrogens with one attached hydrogen (secondary N) is 2. The first-order valence-electron chi connectivity index (χ1n) is 9.56. The minimum absolute atomic E-state index is 0.260. The number of hydrogen-bond acceptors (Lipinski definition) is 4. The summed E-state index contributed by atoms with van der Waals surface area (Å²) in [5.74, 6) is 0.198. The molecule has 0 unspecified atom stereocenters. The van der Waals surface area contributed by atoms with Gasteiger partial charge in [0.2, 0.25) is 0 Å². The molecule has 0 aliphatic rings. The molecule has 150 valence electrons. The number of unbranched alkanes of at least 4 members (excludes halogenated alkanes) is 2. The minimum Gasteiger partial charge on any atom is -0.494 e. The number of carbonyl (C=O) groups is 2. The lowest BCUT2D eigenvalue weighted by molar-refractivity contribution is 0.0938. The zero-order valence-electron chi connectivity index (χ0n) is 16.5. The SMILES string of the molecule is CCCCCOc1ccc(C(=O)Nc2ccccc2C(=O)NCCOC)cc1. The monoisotopic (exact) mass is 384 g/mol. The maximum atomic E-state index is 12.6. The van der Waals surface area contributed by atoms with Crippen molar-refractivity contribution < 1.29 is 19.1 Å². The highest BCUT2D eigenvalue weighted by Crippen LogP contribution is 2.18. The van der Waals surface area contributed by atoms with Crippen LogP contribution in [0.25, 0.3) is 0 Å². The Hall–Kier alpha value is -2.86. The van der Waals surface area contributed by atoms with Gasteiger partial charge in [-0.15, -0.1) is 0 Å². The highest BCUT2D eigenvalue weighted by molar-refractivity contribution is 6.09. The van der Waals surface area contributed by atoms with Crippen LogP contribution in [0.4, 0.5) is 5.69 Å². The van der Waals surface area contributed by atoms with E-state index in [2.05, 4.69) is 17.6 Å². The largest absolute Gasteiger partial charge is 0.494 e. The van der Waals surface area contributed by atoms with Gasteiger partial charge in [0.25, 0.3) is 11.8 Å². The van der Waals surface area contributed by atoms with Crippen molar-refractivity contribution in [1.29, 1.82) is 0 Å². The van der Waals surface area contributed by atoms with Crippen LogP contribution in [-0.4, -0.2) is 38.7 Å². The Bertz CT molecular complexity index is 759. The van der Waals surface area contributed by atoms with Gasteiger partial charge in [0.15, 0.2) is 0 Å². The maximum Gasteiger partial charge on any atom is 0.255 e. The smallest absolute Gasteiger partial charge is 0.255 e. The molecule has 0 fully saturated rings. The first-order valence-corrected chi connectivity index (χ1v) is 9.56. The fourth-order valence-corrected chi connectivity index (χ4v) is 2.59. The van der Waals surface area contributed by atoms with Crippen LogP contribution in [0.15, 0.2) is 48.5 Å². The van der Waals surface area contributed by atoms with Gasteiger partial charge in [-0.3, -0.25) is 9.59 Å². The summed E-state index contributed by atoms with van der Waals surface area (Å²) in [6, 6.07) is 13.9. The van der Waals surface area contributed by atoms with Gasteiger partial charge in [0, 0.05) is 19.2 Å². The molecule has 0 bridgehead atoms. The first-order chi connectivity index (χ1) is 13.7. The highest BCUT2D eigenvalue weighted by atomic mass is 16.5. The lowest BCUT2D eigenvalue weighted by atomic mass is 10.1. The van der Waals surface area contributed by atoms with Gasteiger partial charge in [0.05, 0.1) is 24.5 Å². The molecule has 0 saturated heterocycles. The van der Waals surface area contributed by atoms with Gasteiger partial charge in [-0.25, -0.2) is 0 Å². The van der Waals surface area contributed by atoms with E-state index in [1.165, 1.54) is 0 Å². The van der Waals surface area contributed by atoms with Crippen LogP contribution in [0.5, 0.6) is 5.75 Å². The third-order valence-electron chi connectivity index (χ3n) is 4.14. The lowest BCUT2D eigenvalue weighted by Crippen LogP contribution is -2.28. The predicted molar refractivity (Wildman–Crippen MR) is 110 cm³/mol. The van der Waals surface area contributed by atoms with Gasteiger partial charge in [-0.05, 0) is 42.8 Å². The summed E-state index contributed by atoms with van der Waals surface area (Å²) >= 11 is 0. The number of ether oxygens (including phenoxy) is 2. The molecule has 0 saturated carbocycles. The third-order valence-corrected chi connectivity index (χ3v) is 4.14. The second-order valence-electron chi connectivity index (χ2n) is 6.33. The van der Waals surface area contributed by atoms with E-state index in [1.807, 2.05) is 0 Å². The van der Waals surface area contributed by atoms with E-state index < -0.39 is 0 Å². The Kier molecular flexibility index (Phi) is 9.01. The molecule has 0 radical (unpaired) electrons. The van der Waals surface area contributed by atoms with E-state index >= 15 is 0 Å². The van der Waals surface area contributed by atoms with Gasteiger partial charge >= 0.3 is 0 Å². The molecule has 2 rings (SSSR count). The van der Waals surface area contributed by atoms with Crippen molar-refractivity contribution in [2.24, 2.45) is 0 Å². The Morgan fingerprint density at radius 1 is 0.929 bits per heavy atom. The fraction of sp³-hybridized carbons (Fsp3) is 0.364. The molecule has 6 nitrogen and oxygen atoms in total. The summed E-state index contributed by atoms with van der Waals surface area (Å²) in [6.07, 6.45) is 3.30. The number of rotatable bonds is 11. The minimum atomic E-state index is -0.283. The van der Waals surface area contributed by atoms with Crippen molar-refractivity contribution in [3.05, 3.63) is 59.7 Å². The van der Waals surface area contributed by atoms with E-state index in [-0.39, 0.29) is 11.8 Å². The fourth-order valence-electron chi connectivity index (χ4n) is 2.59. The lowest BCUT2D eigenvalue weighted by Gasteiger charge is -2.12. The molecule has 0 spiro atoms. The number of carbonyl (C=O) groups excluding carboxylic acids is 2. The molecule has 6 heteroatoms. The van der Waals surface area contributed by atoms with Gasteiger partial charge < -0.3 is 20.1 Å². The van der Waals surface area contributed by atoms with E-state index in [0.717, 1.165) is 25.0 Å². The summed E-state index contributed by atoms with van der Waals surface area (Å²) in [5.41, 5.74) is 1.36. The van der Waals surface area contributed by atoms with Crippen molar-refractivity contribution >= 4 is 17.5 Å². The standard InChI is InChI=1S/C22H28N2O4/c1-3-4-7-15-28-18-12-10-17(11-13-18)21(25)24-20-9-6-5-8-19(20)22(26)23-14-16-27-2/h5-6,8-13H,3-4,7,14-16H2,1-2H3,(H,23,26)(H,24,25). The quantitative estimate of drug-likeness (QED) is 0.577. The molecular formula is C22H28N2O4. The van der Waals surface area contributed by atoms with Crippen LogP contribution in [-0.2, 0) is 4.74 Å². The molecule has 0 atom stereocenters. The normalized spacial score (nSPS) is 10.4. The van der Waals surface area contributed by atoms with Crippen LogP contribution in [0, 0.1) is 0 Å². The Morgan fingerprint density at radius 3 is 2.39 bits per heavy atom. The maximum absolute atomic E-state index is 12.6. The Labute approximate surface area is 166 Å². The average Bonchev–Trinajstić information content (AvgIpc) is 2.72. The highest BCUT2D eigenvalue weighted by Gasteiger charge is 2.14. The molecule has 2 aromatic rings. The molecular weight excluding hydrogens is 356 g/mol. The molecule has 0 aliphatic carbocycles. The Balaban J connectivity index is 1.98. The zero-order chi connectivity index (χ0) is 20.2. The van der Waals surface area contributed by atoms with Crippen molar-refractivity contribution in [2.45, 2.75) is 26.2 Å². The van der Waals surface area contributed by atoms with Crippen LogP contribution < -0.4 is 15.4 Å². The predicted octanol–water partition coefficient (Wildman–Crippen LogP) is 3.88. The average molecular weight is 384 g/mol. The van der Waals surface area contributed by atoms with Crippen LogP contribution in [0.1, 0.15) is 46.9 Å². The number of benzene rings is 2. The van der Waals surface area contributed by atoms with Crippen molar-refractivity contribution in [1.82, 2.24) is 5.32 Å². The third kappa shape index (κ3) is 6.70. The van der Waals surface area contributed by atoms with E-state index in [9.17, 15) is 9.59 Å². The van der Waals surface area contributed by atoms with Gasteiger partial charge in [-0.1, -0.05) is 31.9 Å². The molecule has 0 aliphatic heterocycles. The summed E-state index contributed by atoms with van der Waals surface area (Å²) in [4.78, 5) is 24.9. The van der Waals surface area contributed by atoms with E-state index in [0.29, 0.717) is 36.6 Å². The van der Waals surface area contributed by atoms with Gasteiger partial charge in [-0.2, -0.15) is 0 Å². The number of methoxy groups -OCH3 is 1. The van der Waals surface area contributed by atoms with Gasteiger partial charge in [0.1, 0.15) is 5.75 Å². The number of hydrogen-bond donors (Lipinski definition) is 2. The topological polar surface area (TPSA) is 76.7 Å². The van der Waals surface area contributed by atoms with Crippen molar-refractivity contribution in [3.8, 4) is 5.75 Å². The van der Waals surface area contributed by atoms with Crippen LogP contribution in [0.2, 0.25) is 0 Å². The molecule has 2 amide bonds. The molecule has 2 N–H and O–H groups in total. The van der Waals surface area contributed by atoms with Crippen molar-refractivity contribution in [2.75, 3.05) is 32.2 Å². The zero-order valence-corrected chi connectivity index (χ0v) is 16.5. The summed E-state index contributed by atoms with van der Waals surface area (Å²) in [6.45, 7) is 3.64. The number of amides is 2. The van der Waals surface area contributed by atoms with Crippen LogP contribution in [0.3, 0.4) is 0 Å². The molecule has 2 aromatic carbocycles. The summed E-state index contributed by atoms with van der Waals surface area (Å²) in [5, 5.41) is 5.56. The molecule has 28 heavy (non-hydrogen) atoms. The van der Waals surface area contributed by atoms with E-state index in [1.54, 1.807) is 55.6 Å². The van der Waals surface area contributed by atoms with Crippen LogP contribution >= 0.6 is 0 Å². The van der Waals surface area contributed by atoms with E-state index in [4.69, 9.17) is 9.47 Å². The number of anilines is 1.